The van der Waals surface area contributed by atoms with Crippen LogP contribution in [-0.4, -0.2) is 29.3 Å². The Balaban J connectivity index is 2.27. The summed E-state index contributed by atoms with van der Waals surface area (Å²) in [6.45, 7) is 13.3. The summed E-state index contributed by atoms with van der Waals surface area (Å²) in [5.74, 6) is 0.264. The normalized spacial score (nSPS) is 12.0. The minimum atomic E-state index is -0.482. The second-order valence-electron chi connectivity index (χ2n) is 8.67. The summed E-state index contributed by atoms with van der Waals surface area (Å²) >= 11 is 0. The zero-order valence-corrected chi connectivity index (χ0v) is 19.3. The van der Waals surface area contributed by atoms with E-state index in [0.717, 1.165) is 11.1 Å². The van der Waals surface area contributed by atoms with Gasteiger partial charge >= 0.3 is 0 Å². The monoisotopic (exact) mass is 408 g/mol. The number of nitrogens with zero attached hydrogens (tertiary/aromatic N) is 1. The lowest BCUT2D eigenvalue weighted by molar-refractivity contribution is -0.141. The Morgan fingerprint density at radius 3 is 2.13 bits per heavy atom. The fraction of sp³-hybridized carbons (Fsp3) is 0.462. The SMILES string of the molecule is CC[C@@H](C(=O)NCC(C)C)N(Cc1ccc(C)cc1)C(=O)Cc1ccc(C)c(C)c1. The molecule has 1 atom stereocenters. The van der Waals surface area contributed by atoms with Crippen LogP contribution in [0, 0.1) is 26.7 Å². The van der Waals surface area contributed by atoms with Crippen LogP contribution in [0.2, 0.25) is 0 Å². The molecule has 0 aliphatic rings. The van der Waals surface area contributed by atoms with Gasteiger partial charge in [0.15, 0.2) is 0 Å². The number of rotatable bonds is 9. The third kappa shape index (κ3) is 6.72. The minimum absolute atomic E-state index is 0.0228. The van der Waals surface area contributed by atoms with Gasteiger partial charge in [-0.3, -0.25) is 9.59 Å². The van der Waals surface area contributed by atoms with Crippen molar-refractivity contribution in [3.63, 3.8) is 0 Å². The molecule has 0 bridgehead atoms. The van der Waals surface area contributed by atoms with Crippen LogP contribution in [0.25, 0.3) is 0 Å². The highest BCUT2D eigenvalue weighted by Gasteiger charge is 2.28. The van der Waals surface area contributed by atoms with Crippen molar-refractivity contribution < 1.29 is 9.59 Å². The second-order valence-corrected chi connectivity index (χ2v) is 8.67. The van der Waals surface area contributed by atoms with Gasteiger partial charge in [0, 0.05) is 13.1 Å². The molecule has 0 aliphatic heterocycles. The van der Waals surface area contributed by atoms with Crippen LogP contribution >= 0.6 is 0 Å². The van der Waals surface area contributed by atoms with E-state index in [1.165, 1.54) is 16.7 Å². The molecule has 0 radical (unpaired) electrons. The Morgan fingerprint density at radius 2 is 1.57 bits per heavy atom. The number of nitrogens with one attached hydrogen (secondary N) is 1. The topological polar surface area (TPSA) is 49.4 Å². The number of hydrogen-bond donors (Lipinski definition) is 1. The zero-order chi connectivity index (χ0) is 22.3. The van der Waals surface area contributed by atoms with Crippen molar-refractivity contribution in [1.29, 1.82) is 0 Å². The van der Waals surface area contributed by atoms with Crippen molar-refractivity contribution in [3.8, 4) is 0 Å². The van der Waals surface area contributed by atoms with E-state index in [1.807, 2.05) is 44.2 Å². The van der Waals surface area contributed by atoms with Crippen LogP contribution in [0.5, 0.6) is 0 Å². The first kappa shape index (κ1) is 23.7. The van der Waals surface area contributed by atoms with Gasteiger partial charge in [0.25, 0.3) is 0 Å². The van der Waals surface area contributed by atoms with E-state index >= 15 is 0 Å². The molecular formula is C26H36N2O2. The standard InChI is InChI=1S/C26H36N2O2/c1-7-24(26(30)27-16-18(2)3)28(17-22-11-8-19(4)9-12-22)25(29)15-23-13-10-20(5)21(6)14-23/h8-14,18,24H,7,15-17H2,1-6H3,(H,27,30)/t24-/m0/s1. The van der Waals surface area contributed by atoms with Crippen molar-refractivity contribution in [2.45, 2.75) is 67.0 Å². The minimum Gasteiger partial charge on any atom is -0.354 e. The maximum Gasteiger partial charge on any atom is 0.242 e. The number of aryl methyl sites for hydroxylation is 3. The molecule has 2 rings (SSSR count). The van der Waals surface area contributed by atoms with Crippen LogP contribution in [0.4, 0.5) is 0 Å². The van der Waals surface area contributed by atoms with Gasteiger partial charge in [0.05, 0.1) is 6.42 Å². The average molecular weight is 409 g/mol. The number of amides is 2. The molecule has 0 saturated heterocycles. The predicted octanol–water partition coefficient (Wildman–Crippen LogP) is 4.73. The molecule has 2 amide bonds. The molecule has 4 nitrogen and oxygen atoms in total. The quantitative estimate of drug-likeness (QED) is 0.652. The molecule has 0 unspecified atom stereocenters. The Bertz CT molecular complexity index is 856. The number of carbonyl (C=O) groups excluding carboxylic acids is 2. The molecule has 2 aromatic rings. The molecule has 0 aromatic heterocycles. The molecule has 0 saturated carbocycles. The van der Waals surface area contributed by atoms with Gasteiger partial charge in [0.1, 0.15) is 6.04 Å². The van der Waals surface area contributed by atoms with E-state index in [0.29, 0.717) is 31.8 Å². The fourth-order valence-electron chi connectivity index (χ4n) is 3.42. The third-order valence-corrected chi connectivity index (χ3v) is 5.47. The summed E-state index contributed by atoms with van der Waals surface area (Å²) in [5, 5.41) is 3.01. The zero-order valence-electron chi connectivity index (χ0n) is 19.3. The van der Waals surface area contributed by atoms with E-state index < -0.39 is 6.04 Å². The third-order valence-electron chi connectivity index (χ3n) is 5.47. The molecule has 30 heavy (non-hydrogen) atoms. The highest BCUT2D eigenvalue weighted by atomic mass is 16.2. The number of benzene rings is 2. The maximum atomic E-state index is 13.4. The highest BCUT2D eigenvalue weighted by molar-refractivity contribution is 5.88. The van der Waals surface area contributed by atoms with Gasteiger partial charge in [-0.05, 0) is 55.4 Å². The fourth-order valence-corrected chi connectivity index (χ4v) is 3.42. The van der Waals surface area contributed by atoms with Crippen LogP contribution in [-0.2, 0) is 22.6 Å². The first-order valence-electron chi connectivity index (χ1n) is 10.9. The van der Waals surface area contributed by atoms with E-state index in [-0.39, 0.29) is 11.8 Å². The van der Waals surface area contributed by atoms with Crippen LogP contribution in [0.3, 0.4) is 0 Å². The summed E-state index contributed by atoms with van der Waals surface area (Å²) in [4.78, 5) is 28.0. The predicted molar refractivity (Wildman–Crippen MR) is 123 cm³/mol. The molecule has 162 valence electrons. The first-order chi connectivity index (χ1) is 14.2. The van der Waals surface area contributed by atoms with Crippen molar-refractivity contribution in [1.82, 2.24) is 10.2 Å². The highest BCUT2D eigenvalue weighted by Crippen LogP contribution is 2.17. The summed E-state index contributed by atoms with van der Waals surface area (Å²) in [7, 11) is 0. The average Bonchev–Trinajstić information content (AvgIpc) is 2.70. The lowest BCUT2D eigenvalue weighted by Crippen LogP contribution is -2.50. The Morgan fingerprint density at radius 1 is 0.933 bits per heavy atom. The number of carbonyl (C=O) groups is 2. The maximum absolute atomic E-state index is 13.4. The Kier molecular flexibility index (Phi) is 8.64. The smallest absolute Gasteiger partial charge is 0.242 e. The number of hydrogen-bond acceptors (Lipinski definition) is 2. The van der Waals surface area contributed by atoms with Gasteiger partial charge in [-0.2, -0.15) is 0 Å². The van der Waals surface area contributed by atoms with E-state index in [9.17, 15) is 9.59 Å². The van der Waals surface area contributed by atoms with Crippen LogP contribution in [0.15, 0.2) is 42.5 Å². The van der Waals surface area contributed by atoms with Crippen molar-refractivity contribution in [3.05, 3.63) is 70.3 Å². The summed E-state index contributed by atoms with van der Waals surface area (Å²) in [6.07, 6.45) is 0.870. The van der Waals surface area contributed by atoms with E-state index in [1.54, 1.807) is 4.90 Å². The summed E-state index contributed by atoms with van der Waals surface area (Å²) < 4.78 is 0. The van der Waals surface area contributed by atoms with Gasteiger partial charge in [0.2, 0.25) is 11.8 Å². The van der Waals surface area contributed by atoms with E-state index in [2.05, 4.69) is 45.1 Å². The largest absolute Gasteiger partial charge is 0.354 e. The molecule has 0 heterocycles. The lowest BCUT2D eigenvalue weighted by atomic mass is 10.0. The van der Waals surface area contributed by atoms with Crippen molar-refractivity contribution in [2.24, 2.45) is 5.92 Å². The van der Waals surface area contributed by atoms with Crippen molar-refractivity contribution in [2.75, 3.05) is 6.54 Å². The first-order valence-corrected chi connectivity index (χ1v) is 10.9. The molecule has 4 heteroatoms. The van der Waals surface area contributed by atoms with Gasteiger partial charge in [-0.15, -0.1) is 0 Å². The van der Waals surface area contributed by atoms with Crippen LogP contribution in [0.1, 0.15) is 55.0 Å². The molecule has 2 aromatic carbocycles. The van der Waals surface area contributed by atoms with Gasteiger partial charge < -0.3 is 10.2 Å². The molecule has 0 aliphatic carbocycles. The Labute approximate surface area is 181 Å². The van der Waals surface area contributed by atoms with Gasteiger partial charge in [-0.1, -0.05) is 68.8 Å². The second kappa shape index (κ2) is 11.0. The molecule has 0 spiro atoms. The van der Waals surface area contributed by atoms with Crippen molar-refractivity contribution >= 4 is 11.8 Å². The summed E-state index contributed by atoms with van der Waals surface area (Å²) in [5.41, 5.74) is 5.57. The van der Waals surface area contributed by atoms with Crippen LogP contribution < -0.4 is 5.32 Å². The molecule has 1 N–H and O–H groups in total. The molecule has 0 fully saturated rings. The van der Waals surface area contributed by atoms with E-state index in [4.69, 9.17) is 0 Å². The Hall–Kier alpha value is -2.62. The molecular weight excluding hydrogens is 372 g/mol. The summed E-state index contributed by atoms with van der Waals surface area (Å²) in [6, 6.07) is 13.8. The lowest BCUT2D eigenvalue weighted by Gasteiger charge is -2.31. The van der Waals surface area contributed by atoms with Gasteiger partial charge in [-0.25, -0.2) is 0 Å².